The maximum Gasteiger partial charge on any atom is 0.358 e. The van der Waals surface area contributed by atoms with Crippen LogP contribution in [-0.4, -0.2) is 16.7 Å². The molecule has 0 fully saturated rings. The summed E-state index contributed by atoms with van der Waals surface area (Å²) in [4.78, 5) is 11.8. The lowest BCUT2D eigenvalue weighted by atomic mass is 9.95. The van der Waals surface area contributed by atoms with Crippen LogP contribution in [0.1, 0.15) is 26.3 Å². The van der Waals surface area contributed by atoms with Crippen molar-refractivity contribution in [2.45, 2.75) is 32.0 Å². The van der Waals surface area contributed by atoms with Crippen LogP contribution >= 0.6 is 0 Å². The number of esters is 1. The summed E-state index contributed by atoms with van der Waals surface area (Å²) in [5.41, 5.74) is -2.80. The summed E-state index contributed by atoms with van der Waals surface area (Å²) >= 11 is 0. The Morgan fingerprint density at radius 1 is 1.29 bits per heavy atom. The zero-order valence-electron chi connectivity index (χ0n) is 10.1. The van der Waals surface area contributed by atoms with Crippen molar-refractivity contribution in [2.75, 3.05) is 0 Å². The zero-order valence-corrected chi connectivity index (χ0v) is 10.1. The molecule has 0 aromatic heterocycles. The first-order valence-corrected chi connectivity index (χ1v) is 5.22. The van der Waals surface area contributed by atoms with Gasteiger partial charge in [-0.25, -0.2) is 4.79 Å². The van der Waals surface area contributed by atoms with E-state index < -0.39 is 17.2 Å². The van der Waals surface area contributed by atoms with Crippen LogP contribution in [0.4, 0.5) is 0 Å². The van der Waals surface area contributed by atoms with Crippen LogP contribution in [0.25, 0.3) is 0 Å². The van der Waals surface area contributed by atoms with Crippen LogP contribution in [0, 0.1) is 11.3 Å². The highest BCUT2D eigenvalue weighted by atomic mass is 16.6. The van der Waals surface area contributed by atoms with Gasteiger partial charge in [-0.1, -0.05) is 30.3 Å². The van der Waals surface area contributed by atoms with Gasteiger partial charge in [0.1, 0.15) is 11.7 Å². The van der Waals surface area contributed by atoms with Gasteiger partial charge in [0.25, 0.3) is 5.60 Å². The Labute approximate surface area is 100 Å². The Morgan fingerprint density at radius 2 is 1.82 bits per heavy atom. The third-order valence-electron chi connectivity index (χ3n) is 2.05. The van der Waals surface area contributed by atoms with Crippen molar-refractivity contribution >= 4 is 5.97 Å². The molecule has 4 heteroatoms. The lowest BCUT2D eigenvalue weighted by Crippen LogP contribution is -2.40. The van der Waals surface area contributed by atoms with Gasteiger partial charge in [0, 0.05) is 5.56 Å². The van der Waals surface area contributed by atoms with Crippen molar-refractivity contribution in [3.63, 3.8) is 0 Å². The number of ether oxygens (including phenoxy) is 1. The molecule has 0 aliphatic heterocycles. The standard InChI is InChI=1S/C13H15NO3/c1-12(2,3)17-11(15)13(16,9-14)10-7-5-4-6-8-10/h4-8,16H,1-3H3. The number of rotatable bonds is 2. The van der Waals surface area contributed by atoms with Gasteiger partial charge in [-0.3, -0.25) is 0 Å². The van der Waals surface area contributed by atoms with Crippen LogP contribution in [0.5, 0.6) is 0 Å². The minimum absolute atomic E-state index is 0.205. The molecule has 0 amide bonds. The largest absolute Gasteiger partial charge is 0.457 e. The molecule has 17 heavy (non-hydrogen) atoms. The number of carbonyl (C=O) groups is 1. The van der Waals surface area contributed by atoms with Crippen LogP contribution in [0.2, 0.25) is 0 Å². The molecule has 1 N–H and O–H groups in total. The van der Waals surface area contributed by atoms with Gasteiger partial charge in [0.05, 0.1) is 0 Å². The average Bonchev–Trinajstić information content (AvgIpc) is 2.27. The number of nitrogens with zero attached hydrogens (tertiary/aromatic N) is 1. The first-order valence-electron chi connectivity index (χ1n) is 5.22. The van der Waals surface area contributed by atoms with E-state index >= 15 is 0 Å². The molecule has 0 spiro atoms. The van der Waals surface area contributed by atoms with E-state index in [-0.39, 0.29) is 5.56 Å². The lowest BCUT2D eigenvalue weighted by Gasteiger charge is -2.25. The number of hydrogen-bond acceptors (Lipinski definition) is 4. The van der Waals surface area contributed by atoms with Crippen LogP contribution < -0.4 is 0 Å². The van der Waals surface area contributed by atoms with E-state index in [0.29, 0.717) is 0 Å². The van der Waals surface area contributed by atoms with Gasteiger partial charge in [-0.05, 0) is 20.8 Å². The molecule has 90 valence electrons. The number of benzene rings is 1. The monoisotopic (exact) mass is 233 g/mol. The Bertz CT molecular complexity index is 442. The molecule has 0 saturated carbocycles. The number of nitriles is 1. The van der Waals surface area contributed by atoms with E-state index in [1.807, 2.05) is 0 Å². The molecular weight excluding hydrogens is 218 g/mol. The van der Waals surface area contributed by atoms with E-state index in [1.165, 1.54) is 12.1 Å². The maximum atomic E-state index is 11.8. The van der Waals surface area contributed by atoms with Gasteiger partial charge in [0.2, 0.25) is 0 Å². The molecule has 1 rings (SSSR count). The molecule has 1 unspecified atom stereocenters. The number of carbonyl (C=O) groups excluding carboxylic acids is 1. The SMILES string of the molecule is CC(C)(C)OC(=O)C(O)(C#N)c1ccccc1. The normalized spacial score (nSPS) is 14.5. The summed E-state index contributed by atoms with van der Waals surface area (Å²) in [6.45, 7) is 5.02. The van der Waals surface area contributed by atoms with Crippen LogP contribution in [-0.2, 0) is 15.1 Å². The molecule has 0 bridgehead atoms. The Morgan fingerprint density at radius 3 is 2.24 bits per heavy atom. The van der Waals surface area contributed by atoms with Crippen molar-refractivity contribution in [2.24, 2.45) is 0 Å². The van der Waals surface area contributed by atoms with Gasteiger partial charge < -0.3 is 9.84 Å². The zero-order chi connectivity index (χ0) is 13.1. The molecule has 0 radical (unpaired) electrons. The minimum atomic E-state index is -2.26. The Balaban J connectivity index is 3.07. The topological polar surface area (TPSA) is 70.3 Å². The number of hydrogen-bond donors (Lipinski definition) is 1. The number of aliphatic hydroxyl groups is 1. The fraction of sp³-hybridized carbons (Fsp3) is 0.385. The van der Waals surface area contributed by atoms with Crippen LogP contribution in [0.3, 0.4) is 0 Å². The quantitative estimate of drug-likeness (QED) is 0.624. The van der Waals surface area contributed by atoms with E-state index in [0.717, 1.165) is 0 Å². The average molecular weight is 233 g/mol. The molecule has 0 aliphatic carbocycles. The maximum absolute atomic E-state index is 11.8. The second-order valence-electron chi connectivity index (χ2n) is 4.69. The summed E-state index contributed by atoms with van der Waals surface area (Å²) < 4.78 is 5.04. The van der Waals surface area contributed by atoms with Gasteiger partial charge in [0.15, 0.2) is 0 Å². The van der Waals surface area contributed by atoms with Gasteiger partial charge in [-0.2, -0.15) is 5.26 Å². The highest BCUT2D eigenvalue weighted by Crippen LogP contribution is 2.24. The molecule has 1 aromatic carbocycles. The highest BCUT2D eigenvalue weighted by Gasteiger charge is 2.41. The third kappa shape index (κ3) is 3.05. The molecule has 0 saturated heterocycles. The molecule has 0 heterocycles. The predicted octanol–water partition coefficient (Wildman–Crippen LogP) is 1.74. The summed E-state index contributed by atoms with van der Waals surface area (Å²) in [7, 11) is 0. The lowest BCUT2D eigenvalue weighted by molar-refractivity contribution is -0.172. The predicted molar refractivity (Wildman–Crippen MR) is 61.8 cm³/mol. The molecular formula is C13H15NO3. The van der Waals surface area contributed by atoms with E-state index in [9.17, 15) is 9.90 Å². The molecule has 1 atom stereocenters. The van der Waals surface area contributed by atoms with E-state index in [4.69, 9.17) is 10.00 Å². The van der Waals surface area contributed by atoms with Crippen molar-refractivity contribution in [1.29, 1.82) is 5.26 Å². The van der Waals surface area contributed by atoms with Crippen molar-refractivity contribution in [1.82, 2.24) is 0 Å². The van der Waals surface area contributed by atoms with Crippen molar-refractivity contribution in [3.05, 3.63) is 35.9 Å². The van der Waals surface area contributed by atoms with Crippen molar-refractivity contribution in [3.8, 4) is 6.07 Å². The second kappa shape index (κ2) is 4.56. The summed E-state index contributed by atoms with van der Waals surface area (Å²) in [5.74, 6) is -0.960. The summed E-state index contributed by atoms with van der Waals surface area (Å²) in [6.07, 6.45) is 0. The van der Waals surface area contributed by atoms with Crippen LogP contribution in [0.15, 0.2) is 30.3 Å². The Hall–Kier alpha value is -1.86. The molecule has 4 nitrogen and oxygen atoms in total. The van der Waals surface area contributed by atoms with Gasteiger partial charge >= 0.3 is 5.97 Å². The fourth-order valence-corrected chi connectivity index (χ4v) is 1.26. The minimum Gasteiger partial charge on any atom is -0.457 e. The Kier molecular flexibility index (Phi) is 3.54. The highest BCUT2D eigenvalue weighted by molar-refractivity contribution is 5.84. The van der Waals surface area contributed by atoms with Gasteiger partial charge in [-0.15, -0.1) is 0 Å². The molecule has 0 aliphatic rings. The first kappa shape index (κ1) is 13.2. The third-order valence-corrected chi connectivity index (χ3v) is 2.05. The summed E-state index contributed by atoms with van der Waals surface area (Å²) in [6, 6.07) is 9.63. The van der Waals surface area contributed by atoms with E-state index in [2.05, 4.69) is 0 Å². The van der Waals surface area contributed by atoms with E-state index in [1.54, 1.807) is 45.0 Å². The van der Waals surface area contributed by atoms with Crippen molar-refractivity contribution < 1.29 is 14.6 Å². The smallest absolute Gasteiger partial charge is 0.358 e. The molecule has 1 aromatic rings. The second-order valence-corrected chi connectivity index (χ2v) is 4.69. The fourth-order valence-electron chi connectivity index (χ4n) is 1.26. The summed E-state index contributed by atoms with van der Waals surface area (Å²) in [5, 5.41) is 19.1. The first-order chi connectivity index (χ1) is 7.79.